The van der Waals surface area contributed by atoms with Gasteiger partial charge in [-0.05, 0) is 6.92 Å². The summed E-state index contributed by atoms with van der Waals surface area (Å²) in [5.41, 5.74) is 1.00. The summed E-state index contributed by atoms with van der Waals surface area (Å²) < 4.78 is 0. The van der Waals surface area contributed by atoms with E-state index >= 15 is 0 Å². The van der Waals surface area contributed by atoms with Crippen LogP contribution >= 0.6 is 11.3 Å². The van der Waals surface area contributed by atoms with Crippen molar-refractivity contribution >= 4 is 11.3 Å². The number of rotatable bonds is 0. The Bertz CT molecular complexity index is 145. The molecule has 0 radical (unpaired) electrons. The third kappa shape index (κ3) is 2.83. The molecule has 0 aliphatic heterocycles. The summed E-state index contributed by atoms with van der Waals surface area (Å²) in [6, 6.07) is 0. The molecule has 0 spiro atoms. The molecule has 1 aromatic heterocycles. The Labute approximate surface area is 102 Å². The van der Waals surface area contributed by atoms with E-state index in [1.54, 1.807) is 11.3 Å². The number of hydrogen-bond donors (Lipinski definition) is 0. The predicted octanol–water partition coefficient (Wildman–Crippen LogP) is -1.44. The van der Waals surface area contributed by atoms with Crippen LogP contribution in [0.3, 0.4) is 0 Å². The molecule has 1 nitrogen and oxygen atoms in total. The van der Waals surface area contributed by atoms with E-state index in [2.05, 4.69) is 10.4 Å². The summed E-state index contributed by atoms with van der Waals surface area (Å²) in [5, 5.41) is 4.09. The van der Waals surface area contributed by atoms with E-state index in [4.69, 9.17) is 0 Å². The van der Waals surface area contributed by atoms with Crippen molar-refractivity contribution in [2.45, 2.75) is 13.8 Å². The van der Waals surface area contributed by atoms with Gasteiger partial charge < -0.3 is 16.3 Å². The molecule has 38 valence electrons. The van der Waals surface area contributed by atoms with Crippen molar-refractivity contribution in [1.82, 2.24) is 4.98 Å². The van der Waals surface area contributed by atoms with E-state index < -0.39 is 0 Å². The van der Waals surface area contributed by atoms with E-state index in [0.717, 1.165) is 10.7 Å². The van der Waals surface area contributed by atoms with Crippen LogP contribution in [0.25, 0.3) is 0 Å². The third-order valence-corrected chi connectivity index (χ3v) is 1.46. The van der Waals surface area contributed by atoms with Gasteiger partial charge >= 0.3 is 58.2 Å². The SMILES string of the molecule is Cc1[c-]sc(C)n1.[Rb+]. The maximum absolute atomic E-state index is 4.07. The molecular weight excluding hydrogens is 192 g/mol. The Morgan fingerprint density at radius 2 is 2.12 bits per heavy atom. The molecule has 0 aliphatic rings. The van der Waals surface area contributed by atoms with Crippen LogP contribution in [-0.2, 0) is 0 Å². The van der Waals surface area contributed by atoms with Gasteiger partial charge in [0.25, 0.3) is 0 Å². The first kappa shape index (κ1) is 9.44. The van der Waals surface area contributed by atoms with E-state index in [1.807, 2.05) is 13.8 Å². The van der Waals surface area contributed by atoms with E-state index in [0.29, 0.717) is 0 Å². The van der Waals surface area contributed by atoms with Gasteiger partial charge in [0.2, 0.25) is 0 Å². The molecule has 1 rings (SSSR count). The summed E-state index contributed by atoms with van der Waals surface area (Å²) in [5.74, 6) is 0. The summed E-state index contributed by atoms with van der Waals surface area (Å²) in [4.78, 5) is 4.07. The van der Waals surface area contributed by atoms with Crippen molar-refractivity contribution in [3.05, 3.63) is 16.1 Å². The Morgan fingerprint density at radius 3 is 2.25 bits per heavy atom. The van der Waals surface area contributed by atoms with E-state index in [1.165, 1.54) is 0 Å². The van der Waals surface area contributed by atoms with Crippen molar-refractivity contribution in [3.63, 3.8) is 0 Å². The first-order valence-corrected chi connectivity index (χ1v) is 2.92. The second-order valence-corrected chi connectivity index (χ2v) is 2.42. The molecule has 0 aromatic carbocycles. The van der Waals surface area contributed by atoms with E-state index in [-0.39, 0.29) is 58.2 Å². The largest absolute Gasteiger partial charge is 1.00 e. The third-order valence-electron chi connectivity index (χ3n) is 0.672. The van der Waals surface area contributed by atoms with Crippen LogP contribution in [0.1, 0.15) is 10.7 Å². The Kier molecular flexibility index (Phi) is 5.05. The van der Waals surface area contributed by atoms with Gasteiger partial charge in [-0.2, -0.15) is 5.38 Å². The number of nitrogens with zero attached hydrogens (tertiary/aromatic N) is 1. The van der Waals surface area contributed by atoms with Crippen LogP contribution < -0.4 is 58.2 Å². The fraction of sp³-hybridized carbons (Fsp3) is 0.400. The van der Waals surface area contributed by atoms with Gasteiger partial charge in [0.15, 0.2) is 0 Å². The smallest absolute Gasteiger partial charge is 0.361 e. The topological polar surface area (TPSA) is 12.9 Å². The predicted molar refractivity (Wildman–Crippen MR) is 30.4 cm³/mol. The van der Waals surface area contributed by atoms with Crippen LogP contribution in [0.2, 0.25) is 0 Å². The molecule has 0 aliphatic carbocycles. The molecule has 1 heterocycles. The maximum atomic E-state index is 4.07. The van der Waals surface area contributed by atoms with Gasteiger partial charge in [-0.15, -0.1) is 0 Å². The fourth-order valence-corrected chi connectivity index (χ4v) is 0.953. The van der Waals surface area contributed by atoms with Crippen LogP contribution in [0, 0.1) is 19.2 Å². The second-order valence-electron chi connectivity index (χ2n) is 1.42. The Balaban J connectivity index is 0.000000490. The monoisotopic (exact) mass is 197 g/mol. The maximum Gasteiger partial charge on any atom is 1.00 e. The van der Waals surface area contributed by atoms with Crippen LogP contribution in [0.5, 0.6) is 0 Å². The molecule has 0 N–H and O–H groups in total. The number of aromatic nitrogens is 1. The summed E-state index contributed by atoms with van der Waals surface area (Å²) in [6.07, 6.45) is 0. The van der Waals surface area contributed by atoms with Crippen molar-refractivity contribution in [1.29, 1.82) is 0 Å². The van der Waals surface area contributed by atoms with Gasteiger partial charge in [0.1, 0.15) is 0 Å². The molecule has 0 atom stereocenters. The number of thiazole rings is 1. The first-order chi connectivity index (χ1) is 3.29. The average molecular weight is 198 g/mol. The second kappa shape index (κ2) is 4.28. The molecule has 0 saturated carbocycles. The molecular formula is C5H6NRbS. The van der Waals surface area contributed by atoms with Crippen LogP contribution in [0.4, 0.5) is 0 Å². The molecule has 0 saturated heterocycles. The van der Waals surface area contributed by atoms with Crippen molar-refractivity contribution in [3.8, 4) is 0 Å². The average Bonchev–Trinajstić information content (AvgIpc) is 1.87. The zero-order valence-electron chi connectivity index (χ0n) is 5.36. The van der Waals surface area contributed by atoms with E-state index in [9.17, 15) is 0 Å². The summed E-state index contributed by atoms with van der Waals surface area (Å²) in [7, 11) is 0. The fourth-order valence-electron chi connectivity index (χ4n) is 0.430. The molecule has 0 fully saturated rings. The Morgan fingerprint density at radius 1 is 1.50 bits per heavy atom. The van der Waals surface area contributed by atoms with Crippen LogP contribution in [0.15, 0.2) is 0 Å². The normalized spacial score (nSPS) is 8.25. The van der Waals surface area contributed by atoms with Gasteiger partial charge in [-0.1, -0.05) is 17.6 Å². The minimum absolute atomic E-state index is 0. The van der Waals surface area contributed by atoms with Gasteiger partial charge in [-0.25, -0.2) is 0 Å². The van der Waals surface area contributed by atoms with Crippen molar-refractivity contribution in [2.24, 2.45) is 0 Å². The standard InChI is InChI=1S/C5H6NS.Rb/c1-4-3-7-5(2)6-4;/h1-2H3;/q-1;+1. The minimum atomic E-state index is 0. The molecule has 0 bridgehead atoms. The van der Waals surface area contributed by atoms with Crippen molar-refractivity contribution < 1.29 is 58.2 Å². The first-order valence-electron chi connectivity index (χ1n) is 2.11. The molecule has 3 heteroatoms. The van der Waals surface area contributed by atoms with Gasteiger partial charge in [0.05, 0.1) is 0 Å². The van der Waals surface area contributed by atoms with Gasteiger partial charge in [0, 0.05) is 0 Å². The molecule has 0 unspecified atom stereocenters. The van der Waals surface area contributed by atoms with Gasteiger partial charge in [-0.3, -0.25) is 0 Å². The van der Waals surface area contributed by atoms with Crippen molar-refractivity contribution in [2.75, 3.05) is 0 Å². The molecule has 1 aromatic rings. The zero-order chi connectivity index (χ0) is 5.28. The summed E-state index contributed by atoms with van der Waals surface area (Å²) in [6.45, 7) is 3.93. The molecule has 0 amide bonds. The summed E-state index contributed by atoms with van der Waals surface area (Å²) >= 11 is 1.57. The zero-order valence-corrected chi connectivity index (χ0v) is 11.1. The number of aryl methyl sites for hydroxylation is 2. The number of hydrogen-bond acceptors (Lipinski definition) is 2. The quantitative estimate of drug-likeness (QED) is 0.465. The Hall–Kier alpha value is 1.44. The minimum Gasteiger partial charge on any atom is -0.361 e. The molecule has 8 heavy (non-hydrogen) atoms. The van der Waals surface area contributed by atoms with Crippen LogP contribution in [-0.4, -0.2) is 4.98 Å².